The molecule has 0 aliphatic carbocycles. The smallest absolute Gasteiger partial charge is 0.225 e. The van der Waals surface area contributed by atoms with Crippen molar-refractivity contribution in [1.29, 1.82) is 0 Å². The second kappa shape index (κ2) is 8.57. The van der Waals surface area contributed by atoms with Gasteiger partial charge in [0, 0.05) is 41.4 Å². The van der Waals surface area contributed by atoms with E-state index in [1.165, 1.54) is 10.4 Å². The average Bonchev–Trinajstić information content (AvgIpc) is 3.19. The van der Waals surface area contributed by atoms with Gasteiger partial charge >= 0.3 is 0 Å². The van der Waals surface area contributed by atoms with Crippen LogP contribution >= 0.6 is 11.3 Å². The van der Waals surface area contributed by atoms with Crippen LogP contribution in [0.5, 0.6) is 0 Å². The average molecular weight is 385 g/mol. The van der Waals surface area contributed by atoms with Gasteiger partial charge in [0.2, 0.25) is 5.91 Å². The fourth-order valence-electron chi connectivity index (χ4n) is 3.26. The van der Waals surface area contributed by atoms with Crippen molar-refractivity contribution in [2.75, 3.05) is 25.0 Å². The Balaban J connectivity index is 1.67. The molecule has 1 aliphatic heterocycles. The van der Waals surface area contributed by atoms with Crippen LogP contribution in [0.4, 0.5) is 5.69 Å². The maximum absolute atomic E-state index is 12.0. The summed E-state index contributed by atoms with van der Waals surface area (Å²) in [5, 5.41) is 11.8. The molecule has 1 aliphatic rings. The summed E-state index contributed by atoms with van der Waals surface area (Å²) >= 11 is 1.77. The Morgan fingerprint density at radius 2 is 2.07 bits per heavy atom. The molecule has 144 valence electrons. The van der Waals surface area contributed by atoms with Gasteiger partial charge in [-0.2, -0.15) is 0 Å². The van der Waals surface area contributed by atoms with Gasteiger partial charge < -0.3 is 16.0 Å². The number of hydrogen-bond acceptors (Lipinski definition) is 3. The Morgan fingerprint density at radius 1 is 1.26 bits per heavy atom. The molecule has 2 aromatic rings. The predicted octanol–water partition coefficient (Wildman–Crippen LogP) is 3.71. The highest BCUT2D eigenvalue weighted by Gasteiger charge is 2.25. The quantitative estimate of drug-likeness (QED) is 0.525. The molecule has 1 atom stereocenters. The van der Waals surface area contributed by atoms with Crippen LogP contribution in [0.15, 0.2) is 46.8 Å². The van der Waals surface area contributed by atoms with E-state index in [9.17, 15) is 4.79 Å². The summed E-state index contributed by atoms with van der Waals surface area (Å²) < 4.78 is 0. The first-order chi connectivity index (χ1) is 13.0. The van der Waals surface area contributed by atoms with Crippen LogP contribution in [0.25, 0.3) is 0 Å². The van der Waals surface area contributed by atoms with E-state index in [1.54, 1.807) is 11.3 Å². The largest absolute Gasteiger partial charge is 0.357 e. The number of carbonyl (C=O) groups is 1. The molecule has 3 N–H and O–H groups in total. The van der Waals surface area contributed by atoms with E-state index < -0.39 is 0 Å². The number of aliphatic imine (C=N–C) groups is 1. The number of nitrogens with one attached hydrogen (secondary N) is 3. The summed E-state index contributed by atoms with van der Waals surface area (Å²) in [5.41, 5.74) is 2.09. The van der Waals surface area contributed by atoms with E-state index >= 15 is 0 Å². The summed E-state index contributed by atoms with van der Waals surface area (Å²) in [6, 6.07) is 12.3. The molecular weight excluding hydrogens is 356 g/mol. The van der Waals surface area contributed by atoms with E-state index in [2.05, 4.69) is 60.3 Å². The van der Waals surface area contributed by atoms with Gasteiger partial charge in [-0.1, -0.05) is 38.1 Å². The molecule has 0 spiro atoms. The van der Waals surface area contributed by atoms with E-state index in [-0.39, 0.29) is 17.2 Å². The molecule has 0 fully saturated rings. The van der Waals surface area contributed by atoms with Gasteiger partial charge in [0.25, 0.3) is 0 Å². The van der Waals surface area contributed by atoms with Crippen LogP contribution in [0.2, 0.25) is 0 Å². The van der Waals surface area contributed by atoms with Crippen molar-refractivity contribution in [2.24, 2.45) is 4.99 Å². The van der Waals surface area contributed by atoms with Gasteiger partial charge in [0.15, 0.2) is 5.96 Å². The highest BCUT2D eigenvalue weighted by atomic mass is 32.1. The zero-order valence-electron chi connectivity index (χ0n) is 16.2. The van der Waals surface area contributed by atoms with Crippen molar-refractivity contribution in [2.45, 2.75) is 38.5 Å². The van der Waals surface area contributed by atoms with Crippen LogP contribution in [0.1, 0.15) is 43.6 Å². The number of amides is 1. The molecular formula is C21H28N4OS. The van der Waals surface area contributed by atoms with E-state index in [1.807, 2.05) is 18.2 Å². The maximum atomic E-state index is 12.0. The third-order valence-electron chi connectivity index (χ3n) is 4.79. The number of nitrogens with zero attached hydrogens (tertiary/aromatic N) is 1. The summed E-state index contributed by atoms with van der Waals surface area (Å²) in [7, 11) is 0. The molecule has 0 radical (unpaired) electrons. The van der Waals surface area contributed by atoms with Crippen molar-refractivity contribution in [1.82, 2.24) is 10.6 Å². The van der Waals surface area contributed by atoms with Gasteiger partial charge in [-0.05, 0) is 30.0 Å². The number of rotatable bonds is 6. The Labute approximate surface area is 165 Å². The highest BCUT2D eigenvalue weighted by molar-refractivity contribution is 7.10. The maximum Gasteiger partial charge on any atom is 0.225 e. The summed E-state index contributed by atoms with van der Waals surface area (Å²) in [4.78, 5) is 18.1. The van der Waals surface area contributed by atoms with Crippen LogP contribution in [0, 0.1) is 0 Å². The lowest BCUT2D eigenvalue weighted by molar-refractivity contribution is -0.116. The van der Waals surface area contributed by atoms with Crippen LogP contribution in [-0.4, -0.2) is 31.5 Å². The molecule has 3 rings (SSSR count). The SMILES string of the molecule is CCNC(=NCC(C)(C)c1cccs1)NCC1CC(=O)Nc2ccccc21. The fourth-order valence-corrected chi connectivity index (χ4v) is 4.11. The van der Waals surface area contributed by atoms with Crippen molar-refractivity contribution < 1.29 is 4.79 Å². The first kappa shape index (κ1) is 19.4. The second-order valence-electron chi connectivity index (χ2n) is 7.47. The number of benzene rings is 1. The Kier molecular flexibility index (Phi) is 6.16. The molecule has 27 heavy (non-hydrogen) atoms. The molecule has 0 saturated carbocycles. The van der Waals surface area contributed by atoms with Crippen molar-refractivity contribution in [3.63, 3.8) is 0 Å². The molecule has 6 heteroatoms. The number of guanidine groups is 1. The van der Waals surface area contributed by atoms with E-state index in [0.29, 0.717) is 19.5 Å². The monoisotopic (exact) mass is 384 g/mol. The van der Waals surface area contributed by atoms with Crippen LogP contribution in [0.3, 0.4) is 0 Å². The van der Waals surface area contributed by atoms with Gasteiger partial charge in [0.1, 0.15) is 0 Å². The van der Waals surface area contributed by atoms with Crippen molar-refractivity contribution >= 4 is 28.9 Å². The number of thiophene rings is 1. The third kappa shape index (κ3) is 4.89. The summed E-state index contributed by atoms with van der Waals surface area (Å²) in [6.45, 7) is 8.67. The molecule has 1 unspecified atom stereocenters. The van der Waals surface area contributed by atoms with Gasteiger partial charge in [0.05, 0.1) is 6.54 Å². The Hall–Kier alpha value is -2.34. The summed E-state index contributed by atoms with van der Waals surface area (Å²) in [6.07, 6.45) is 0.490. The zero-order valence-corrected chi connectivity index (χ0v) is 17.0. The fraction of sp³-hybridized carbons (Fsp3) is 0.429. The molecule has 5 nitrogen and oxygen atoms in total. The van der Waals surface area contributed by atoms with Crippen molar-refractivity contribution in [3.05, 3.63) is 52.2 Å². The molecule has 0 bridgehead atoms. The minimum atomic E-state index is -0.00611. The van der Waals surface area contributed by atoms with Gasteiger partial charge in [-0.25, -0.2) is 0 Å². The number of anilines is 1. The molecule has 1 aromatic heterocycles. The number of fused-ring (bicyclic) bond motifs is 1. The molecule has 1 amide bonds. The van der Waals surface area contributed by atoms with Crippen LogP contribution < -0.4 is 16.0 Å². The number of carbonyl (C=O) groups excluding carboxylic acids is 1. The first-order valence-electron chi connectivity index (χ1n) is 9.44. The zero-order chi connectivity index (χ0) is 19.3. The first-order valence-corrected chi connectivity index (χ1v) is 10.3. The third-order valence-corrected chi connectivity index (χ3v) is 6.02. The van der Waals surface area contributed by atoms with E-state index in [4.69, 9.17) is 4.99 Å². The summed E-state index contributed by atoms with van der Waals surface area (Å²) in [5.74, 6) is 1.01. The predicted molar refractivity (Wildman–Crippen MR) is 114 cm³/mol. The van der Waals surface area contributed by atoms with E-state index in [0.717, 1.165) is 18.2 Å². The van der Waals surface area contributed by atoms with Gasteiger partial charge in [-0.3, -0.25) is 9.79 Å². The molecule has 2 heterocycles. The lowest BCUT2D eigenvalue weighted by Crippen LogP contribution is -2.41. The second-order valence-corrected chi connectivity index (χ2v) is 8.42. The molecule has 1 aromatic carbocycles. The number of hydrogen-bond donors (Lipinski definition) is 3. The number of para-hydroxylation sites is 1. The minimum Gasteiger partial charge on any atom is -0.357 e. The van der Waals surface area contributed by atoms with Crippen LogP contribution in [-0.2, 0) is 10.2 Å². The Bertz CT molecular complexity index is 798. The minimum absolute atomic E-state index is 0.00611. The topological polar surface area (TPSA) is 65.5 Å². The lowest BCUT2D eigenvalue weighted by atomic mass is 9.90. The normalized spacial score (nSPS) is 17.2. The lowest BCUT2D eigenvalue weighted by Gasteiger charge is -2.27. The van der Waals surface area contributed by atoms with Crippen molar-refractivity contribution in [3.8, 4) is 0 Å². The van der Waals surface area contributed by atoms with Gasteiger partial charge in [-0.15, -0.1) is 11.3 Å². The Morgan fingerprint density at radius 3 is 2.81 bits per heavy atom. The standard InChI is InChI=1S/C21H28N4OS/c1-4-22-20(24-14-21(2,3)18-10-7-11-27-18)23-13-15-12-19(26)25-17-9-6-5-8-16(15)17/h5-11,15H,4,12-14H2,1-3H3,(H,25,26)(H2,22,23,24). The highest BCUT2D eigenvalue weighted by Crippen LogP contribution is 2.31. The molecule has 0 saturated heterocycles.